The lowest BCUT2D eigenvalue weighted by molar-refractivity contribution is 0.0277. The summed E-state index contributed by atoms with van der Waals surface area (Å²) in [5.74, 6) is 0.0654. The number of nitrogens with one attached hydrogen (secondary N) is 2. The van der Waals surface area contributed by atoms with E-state index in [9.17, 15) is 9.59 Å². The first-order valence-electron chi connectivity index (χ1n) is 13.0. The van der Waals surface area contributed by atoms with E-state index in [1.807, 2.05) is 18.2 Å². The van der Waals surface area contributed by atoms with Gasteiger partial charge in [-0.25, -0.2) is 14.8 Å². The molecule has 5 aromatic rings. The van der Waals surface area contributed by atoms with Crippen molar-refractivity contribution in [2.45, 2.75) is 32.9 Å². The lowest BCUT2D eigenvalue weighted by atomic mass is 9.96. The zero-order chi connectivity index (χ0) is 27.1. The van der Waals surface area contributed by atoms with Crippen LogP contribution < -0.4 is 16.3 Å². The number of benzene rings is 2. The van der Waals surface area contributed by atoms with E-state index in [0.29, 0.717) is 47.4 Å². The maximum atomic E-state index is 12.8. The second-order valence-corrected chi connectivity index (χ2v) is 9.99. The molecule has 198 valence electrons. The largest absolute Gasteiger partial charge is 0.422 e. The fourth-order valence-corrected chi connectivity index (χ4v) is 5.20. The highest BCUT2D eigenvalue weighted by Gasteiger charge is 2.27. The molecular formula is C30H29N5O4. The molecule has 0 radical (unpaired) electrons. The van der Waals surface area contributed by atoms with Gasteiger partial charge in [0.25, 0.3) is 0 Å². The van der Waals surface area contributed by atoms with Crippen molar-refractivity contribution in [2.75, 3.05) is 25.0 Å². The predicted molar refractivity (Wildman–Crippen MR) is 151 cm³/mol. The van der Waals surface area contributed by atoms with Crippen molar-refractivity contribution in [1.82, 2.24) is 19.9 Å². The molecule has 4 heterocycles. The van der Waals surface area contributed by atoms with Crippen molar-refractivity contribution in [3.8, 4) is 11.3 Å². The van der Waals surface area contributed by atoms with Gasteiger partial charge in [-0.1, -0.05) is 6.07 Å². The lowest BCUT2D eigenvalue weighted by Crippen LogP contribution is -2.35. The van der Waals surface area contributed by atoms with Gasteiger partial charge in [-0.05, 0) is 57.2 Å². The second kappa shape index (κ2) is 10.1. The average Bonchev–Trinajstić information content (AvgIpc) is 3.36. The quantitative estimate of drug-likeness (QED) is 0.225. The number of hydrogen-bond acceptors (Lipinski definition) is 8. The van der Waals surface area contributed by atoms with E-state index >= 15 is 0 Å². The van der Waals surface area contributed by atoms with Gasteiger partial charge in [0, 0.05) is 70.7 Å². The monoisotopic (exact) mass is 523 g/mol. The molecular weight excluding hydrogens is 494 g/mol. The van der Waals surface area contributed by atoms with Crippen LogP contribution in [-0.2, 0) is 4.74 Å². The SMILES string of the molecule is CC(=O)c1c(C2CNCCO2)c2ccc(Nc3nccc(-c4ccc5c(ccn5C(C)C)c4)n3)cc2oc1=O. The van der Waals surface area contributed by atoms with Gasteiger partial charge in [-0.2, -0.15) is 0 Å². The summed E-state index contributed by atoms with van der Waals surface area (Å²) in [5, 5.41) is 8.29. The van der Waals surface area contributed by atoms with Crippen LogP contribution in [0.1, 0.15) is 48.8 Å². The number of ketones is 1. The van der Waals surface area contributed by atoms with Crippen LogP contribution in [-0.4, -0.2) is 40.0 Å². The third kappa shape index (κ3) is 4.71. The topological polar surface area (TPSA) is 111 Å². The van der Waals surface area contributed by atoms with Gasteiger partial charge in [-0.15, -0.1) is 0 Å². The first-order chi connectivity index (χ1) is 18.9. The maximum Gasteiger partial charge on any atom is 0.347 e. The summed E-state index contributed by atoms with van der Waals surface area (Å²) in [6, 6.07) is 16.1. The van der Waals surface area contributed by atoms with E-state index in [1.165, 1.54) is 12.4 Å². The van der Waals surface area contributed by atoms with Gasteiger partial charge in [0.2, 0.25) is 5.95 Å². The van der Waals surface area contributed by atoms with Crippen molar-refractivity contribution in [1.29, 1.82) is 0 Å². The molecule has 9 heteroatoms. The summed E-state index contributed by atoms with van der Waals surface area (Å²) in [6.45, 7) is 7.42. The number of rotatable bonds is 6. The van der Waals surface area contributed by atoms with E-state index in [1.54, 1.807) is 12.3 Å². The van der Waals surface area contributed by atoms with Gasteiger partial charge in [0.05, 0.1) is 18.4 Å². The number of fused-ring (bicyclic) bond motifs is 2. The van der Waals surface area contributed by atoms with E-state index in [2.05, 4.69) is 64.5 Å². The van der Waals surface area contributed by atoms with Crippen LogP contribution in [0.25, 0.3) is 33.1 Å². The Balaban J connectivity index is 1.34. The normalized spacial score (nSPS) is 15.7. The highest BCUT2D eigenvalue weighted by Crippen LogP contribution is 2.32. The molecule has 1 atom stereocenters. The zero-order valence-corrected chi connectivity index (χ0v) is 22.0. The van der Waals surface area contributed by atoms with Crippen LogP contribution in [0.4, 0.5) is 11.6 Å². The van der Waals surface area contributed by atoms with Crippen molar-refractivity contribution in [3.63, 3.8) is 0 Å². The van der Waals surface area contributed by atoms with Crippen LogP contribution in [0.2, 0.25) is 0 Å². The number of anilines is 2. The molecule has 1 unspecified atom stereocenters. The standard InChI is InChI=1S/C30H29N5O4/c1-17(2)35-12-9-20-14-19(4-7-24(20)35)23-8-10-32-30(34-23)33-21-5-6-22-25(15-21)39-29(37)27(18(3)36)28(22)26-16-31-11-13-38-26/h4-10,12,14-15,17,26,31H,11,13,16H2,1-3H3,(H,32,33,34). The highest BCUT2D eigenvalue weighted by molar-refractivity contribution is 6.00. The van der Waals surface area contributed by atoms with Crippen molar-refractivity contribution >= 4 is 39.3 Å². The Kier molecular flexibility index (Phi) is 6.46. The van der Waals surface area contributed by atoms with Gasteiger partial charge in [-0.3, -0.25) is 4.79 Å². The van der Waals surface area contributed by atoms with E-state index in [4.69, 9.17) is 14.1 Å². The number of carbonyl (C=O) groups excluding carboxylic acids is 1. The van der Waals surface area contributed by atoms with Crippen LogP contribution in [0.15, 0.2) is 70.1 Å². The van der Waals surface area contributed by atoms with Crippen LogP contribution in [0, 0.1) is 0 Å². The second-order valence-electron chi connectivity index (χ2n) is 9.99. The van der Waals surface area contributed by atoms with Crippen LogP contribution in [0.5, 0.6) is 0 Å². The van der Waals surface area contributed by atoms with E-state index in [0.717, 1.165) is 23.2 Å². The van der Waals surface area contributed by atoms with Gasteiger partial charge < -0.3 is 24.4 Å². The number of nitrogens with zero attached hydrogens (tertiary/aromatic N) is 3. The molecule has 1 fully saturated rings. The Morgan fingerprint density at radius 2 is 2.03 bits per heavy atom. The molecule has 2 aromatic carbocycles. The molecule has 6 rings (SSSR count). The molecule has 2 N–H and O–H groups in total. The number of aromatic nitrogens is 3. The first kappa shape index (κ1) is 25.0. The fourth-order valence-electron chi connectivity index (χ4n) is 5.20. The number of Topliss-reactive ketones (excluding diaryl/α,β-unsaturated/α-hetero) is 1. The molecule has 0 bridgehead atoms. The third-order valence-corrected chi connectivity index (χ3v) is 7.03. The molecule has 39 heavy (non-hydrogen) atoms. The first-order valence-corrected chi connectivity index (χ1v) is 13.0. The minimum atomic E-state index is -0.670. The van der Waals surface area contributed by atoms with Crippen molar-refractivity contribution < 1.29 is 13.9 Å². The van der Waals surface area contributed by atoms with Crippen molar-refractivity contribution in [2.24, 2.45) is 0 Å². The lowest BCUT2D eigenvalue weighted by Gasteiger charge is -2.26. The highest BCUT2D eigenvalue weighted by atomic mass is 16.5. The summed E-state index contributed by atoms with van der Waals surface area (Å²) in [4.78, 5) is 34.3. The Labute approximate surface area is 224 Å². The maximum absolute atomic E-state index is 12.8. The number of ether oxygens (including phenoxy) is 1. The average molecular weight is 524 g/mol. The molecule has 0 aliphatic carbocycles. The molecule has 1 aliphatic heterocycles. The number of carbonyl (C=O) groups is 1. The molecule has 0 spiro atoms. The summed E-state index contributed by atoms with van der Waals surface area (Å²) >= 11 is 0. The van der Waals surface area contributed by atoms with E-state index in [-0.39, 0.29) is 11.3 Å². The molecule has 3 aromatic heterocycles. The Morgan fingerprint density at radius 3 is 2.79 bits per heavy atom. The zero-order valence-electron chi connectivity index (χ0n) is 22.0. The van der Waals surface area contributed by atoms with Crippen LogP contribution >= 0.6 is 0 Å². The molecule has 0 amide bonds. The minimum Gasteiger partial charge on any atom is -0.422 e. The Hall–Kier alpha value is -4.34. The van der Waals surface area contributed by atoms with Crippen LogP contribution in [0.3, 0.4) is 0 Å². The third-order valence-electron chi connectivity index (χ3n) is 7.03. The summed E-state index contributed by atoms with van der Waals surface area (Å²) in [5.41, 5.74) is 3.89. The smallest absolute Gasteiger partial charge is 0.347 e. The molecule has 0 saturated carbocycles. The molecule has 1 saturated heterocycles. The minimum absolute atomic E-state index is 0.0358. The van der Waals surface area contributed by atoms with Crippen molar-refractivity contribution in [3.05, 3.63) is 82.5 Å². The molecule has 9 nitrogen and oxygen atoms in total. The fraction of sp³-hybridized carbons (Fsp3) is 0.267. The predicted octanol–water partition coefficient (Wildman–Crippen LogP) is 5.39. The summed E-state index contributed by atoms with van der Waals surface area (Å²) in [6.07, 6.45) is 3.39. The Morgan fingerprint density at radius 1 is 1.15 bits per heavy atom. The number of hydrogen-bond donors (Lipinski definition) is 2. The molecule has 1 aliphatic rings. The van der Waals surface area contributed by atoms with Gasteiger partial charge >= 0.3 is 5.63 Å². The number of morpholine rings is 1. The summed E-state index contributed by atoms with van der Waals surface area (Å²) < 4.78 is 13.7. The summed E-state index contributed by atoms with van der Waals surface area (Å²) in [7, 11) is 0. The Bertz CT molecular complexity index is 1770. The van der Waals surface area contributed by atoms with E-state index < -0.39 is 11.7 Å². The van der Waals surface area contributed by atoms with Gasteiger partial charge in [0.1, 0.15) is 11.1 Å². The van der Waals surface area contributed by atoms with Gasteiger partial charge in [0.15, 0.2) is 5.78 Å².